The zero-order chi connectivity index (χ0) is 21.3. The standard InChI is InChI=1S/C24H17ClN2O3/c1-14-6-2-3-7-16(14)24(28)29-15-10-11-18-21(12-15)30-23(27)19(13-26)22(18)17-8-4-5-9-20(17)25/h2-12,22H,27H2,1H3. The Hall–Kier alpha value is -3.75. The van der Waals surface area contributed by atoms with Crippen molar-refractivity contribution in [1.82, 2.24) is 0 Å². The number of carbonyl (C=O) groups is 1. The minimum absolute atomic E-state index is 0.00250. The third-order valence-electron chi connectivity index (χ3n) is 4.98. The van der Waals surface area contributed by atoms with Gasteiger partial charge < -0.3 is 15.2 Å². The Labute approximate surface area is 178 Å². The minimum atomic E-state index is -0.478. The molecule has 1 unspecified atom stereocenters. The molecule has 0 saturated carbocycles. The van der Waals surface area contributed by atoms with E-state index in [1.807, 2.05) is 37.3 Å². The predicted octanol–water partition coefficient (Wildman–Crippen LogP) is 5.09. The van der Waals surface area contributed by atoms with Crippen LogP contribution in [0.3, 0.4) is 0 Å². The van der Waals surface area contributed by atoms with E-state index in [9.17, 15) is 10.1 Å². The van der Waals surface area contributed by atoms with Crippen molar-refractivity contribution >= 4 is 17.6 Å². The van der Waals surface area contributed by atoms with Crippen molar-refractivity contribution in [2.24, 2.45) is 5.73 Å². The maximum atomic E-state index is 12.5. The van der Waals surface area contributed by atoms with Crippen LogP contribution in [0.1, 0.15) is 33.0 Å². The zero-order valence-corrected chi connectivity index (χ0v) is 16.8. The highest BCUT2D eigenvalue weighted by Crippen LogP contribution is 2.45. The molecule has 6 heteroatoms. The first-order chi connectivity index (χ1) is 14.5. The van der Waals surface area contributed by atoms with Crippen LogP contribution in [0.25, 0.3) is 0 Å². The van der Waals surface area contributed by atoms with Gasteiger partial charge in [0, 0.05) is 16.7 Å². The van der Waals surface area contributed by atoms with Crippen LogP contribution in [0.4, 0.5) is 0 Å². The number of nitrogens with zero attached hydrogens (tertiary/aromatic N) is 1. The van der Waals surface area contributed by atoms with Gasteiger partial charge in [-0.2, -0.15) is 5.26 Å². The number of hydrogen-bond acceptors (Lipinski definition) is 5. The van der Waals surface area contributed by atoms with Crippen LogP contribution >= 0.6 is 11.6 Å². The predicted molar refractivity (Wildman–Crippen MR) is 113 cm³/mol. The molecule has 1 heterocycles. The Balaban J connectivity index is 1.73. The molecule has 0 radical (unpaired) electrons. The molecule has 1 aliphatic rings. The smallest absolute Gasteiger partial charge is 0.343 e. The number of nitrogens with two attached hydrogens (primary N) is 1. The Kier molecular flexibility index (Phi) is 5.18. The van der Waals surface area contributed by atoms with Crippen LogP contribution in [0, 0.1) is 18.3 Å². The first kappa shape index (κ1) is 19.6. The number of nitriles is 1. The number of carbonyl (C=O) groups excluding carboxylic acids is 1. The average Bonchev–Trinajstić information content (AvgIpc) is 2.73. The van der Waals surface area contributed by atoms with E-state index in [0.717, 1.165) is 11.1 Å². The van der Waals surface area contributed by atoms with Gasteiger partial charge in [0.15, 0.2) is 0 Å². The zero-order valence-electron chi connectivity index (χ0n) is 16.1. The number of benzene rings is 3. The Morgan fingerprint density at radius 3 is 2.57 bits per heavy atom. The van der Waals surface area contributed by atoms with Gasteiger partial charge in [0.2, 0.25) is 5.88 Å². The van der Waals surface area contributed by atoms with Crippen LogP contribution in [0.2, 0.25) is 5.02 Å². The topological polar surface area (TPSA) is 85.3 Å². The second-order valence-corrected chi connectivity index (χ2v) is 7.26. The monoisotopic (exact) mass is 416 g/mol. The number of aryl methyl sites for hydroxylation is 1. The number of esters is 1. The summed E-state index contributed by atoms with van der Waals surface area (Å²) in [5.74, 6) is -0.224. The number of allylic oxidation sites excluding steroid dienone is 1. The number of ether oxygens (including phenoxy) is 2. The fourth-order valence-electron chi connectivity index (χ4n) is 3.49. The van der Waals surface area contributed by atoms with Gasteiger partial charge in [0.05, 0.1) is 11.5 Å². The molecule has 0 amide bonds. The van der Waals surface area contributed by atoms with Crippen molar-refractivity contribution in [1.29, 1.82) is 5.26 Å². The molecule has 148 valence electrons. The van der Waals surface area contributed by atoms with Crippen LogP contribution in [0.5, 0.6) is 11.5 Å². The van der Waals surface area contributed by atoms with Crippen LogP contribution in [-0.2, 0) is 0 Å². The normalized spacial score (nSPS) is 15.0. The van der Waals surface area contributed by atoms with Crippen LogP contribution in [0.15, 0.2) is 78.2 Å². The van der Waals surface area contributed by atoms with Crippen LogP contribution in [-0.4, -0.2) is 5.97 Å². The molecule has 30 heavy (non-hydrogen) atoms. The van der Waals surface area contributed by atoms with E-state index >= 15 is 0 Å². The SMILES string of the molecule is Cc1ccccc1C(=O)Oc1ccc2c(c1)OC(N)=C(C#N)C2c1ccccc1Cl. The van der Waals surface area contributed by atoms with Gasteiger partial charge in [-0.1, -0.05) is 54.1 Å². The third kappa shape index (κ3) is 3.49. The maximum absolute atomic E-state index is 12.5. The van der Waals surface area contributed by atoms with E-state index in [0.29, 0.717) is 27.6 Å². The highest BCUT2D eigenvalue weighted by atomic mass is 35.5. The van der Waals surface area contributed by atoms with Gasteiger partial charge in [-0.3, -0.25) is 0 Å². The van der Waals surface area contributed by atoms with Gasteiger partial charge >= 0.3 is 5.97 Å². The number of fused-ring (bicyclic) bond motifs is 1. The van der Waals surface area contributed by atoms with Crippen molar-refractivity contribution in [2.45, 2.75) is 12.8 Å². The Morgan fingerprint density at radius 1 is 1.10 bits per heavy atom. The molecule has 0 aliphatic carbocycles. The van der Waals surface area contributed by atoms with E-state index in [2.05, 4.69) is 6.07 Å². The highest BCUT2D eigenvalue weighted by Gasteiger charge is 2.32. The molecular formula is C24H17ClN2O3. The Morgan fingerprint density at radius 2 is 1.83 bits per heavy atom. The van der Waals surface area contributed by atoms with E-state index in [-0.39, 0.29) is 11.5 Å². The molecule has 0 spiro atoms. The summed E-state index contributed by atoms with van der Waals surface area (Å²) in [6.45, 7) is 1.84. The number of hydrogen-bond donors (Lipinski definition) is 1. The first-order valence-corrected chi connectivity index (χ1v) is 9.61. The molecular weight excluding hydrogens is 400 g/mol. The lowest BCUT2D eigenvalue weighted by atomic mass is 9.83. The fraction of sp³-hybridized carbons (Fsp3) is 0.0833. The maximum Gasteiger partial charge on any atom is 0.343 e. The summed E-state index contributed by atoms with van der Waals surface area (Å²) in [6.07, 6.45) is 0. The van der Waals surface area contributed by atoms with Gasteiger partial charge in [0.25, 0.3) is 0 Å². The van der Waals surface area contributed by atoms with Crippen molar-refractivity contribution in [3.63, 3.8) is 0 Å². The quantitative estimate of drug-likeness (QED) is 0.475. The van der Waals surface area contributed by atoms with Gasteiger partial charge in [-0.05, 0) is 36.2 Å². The highest BCUT2D eigenvalue weighted by molar-refractivity contribution is 6.31. The molecule has 0 fully saturated rings. The summed E-state index contributed by atoms with van der Waals surface area (Å²) in [5, 5.41) is 10.2. The lowest BCUT2D eigenvalue weighted by Gasteiger charge is -2.27. The molecule has 4 rings (SSSR count). The molecule has 0 bridgehead atoms. The summed E-state index contributed by atoms with van der Waals surface area (Å²) in [5.41, 5.74) is 9.07. The summed E-state index contributed by atoms with van der Waals surface area (Å²) < 4.78 is 11.2. The largest absolute Gasteiger partial charge is 0.440 e. The average molecular weight is 417 g/mol. The molecule has 2 N–H and O–H groups in total. The summed E-state index contributed by atoms with van der Waals surface area (Å²) in [7, 11) is 0. The van der Waals surface area contributed by atoms with Crippen molar-refractivity contribution in [2.75, 3.05) is 0 Å². The van der Waals surface area contributed by atoms with Gasteiger partial charge in [-0.15, -0.1) is 0 Å². The first-order valence-electron chi connectivity index (χ1n) is 9.23. The van der Waals surface area contributed by atoms with E-state index in [1.165, 1.54) is 0 Å². The molecule has 0 saturated heterocycles. The van der Waals surface area contributed by atoms with Crippen LogP contribution < -0.4 is 15.2 Å². The summed E-state index contributed by atoms with van der Waals surface area (Å²) in [4.78, 5) is 12.5. The molecule has 0 aromatic heterocycles. The van der Waals surface area contributed by atoms with Gasteiger partial charge in [0.1, 0.15) is 23.1 Å². The van der Waals surface area contributed by atoms with E-state index < -0.39 is 11.9 Å². The van der Waals surface area contributed by atoms with Crippen molar-refractivity contribution in [3.8, 4) is 17.6 Å². The molecule has 1 aliphatic heterocycles. The lowest BCUT2D eigenvalue weighted by molar-refractivity contribution is 0.0733. The number of rotatable bonds is 3. The van der Waals surface area contributed by atoms with Gasteiger partial charge in [-0.25, -0.2) is 4.79 Å². The second kappa shape index (κ2) is 7.94. The lowest BCUT2D eigenvalue weighted by Crippen LogP contribution is -2.21. The third-order valence-corrected chi connectivity index (χ3v) is 5.33. The van der Waals surface area contributed by atoms with Crippen molar-refractivity contribution in [3.05, 3.63) is 105 Å². The Bertz CT molecular complexity index is 1230. The summed E-state index contributed by atoms with van der Waals surface area (Å²) in [6, 6.07) is 21.6. The number of halogens is 1. The van der Waals surface area contributed by atoms with E-state index in [4.69, 9.17) is 26.8 Å². The molecule has 5 nitrogen and oxygen atoms in total. The second-order valence-electron chi connectivity index (χ2n) is 6.85. The molecule has 3 aromatic rings. The van der Waals surface area contributed by atoms with E-state index in [1.54, 1.807) is 36.4 Å². The van der Waals surface area contributed by atoms with Crippen molar-refractivity contribution < 1.29 is 14.3 Å². The minimum Gasteiger partial charge on any atom is -0.440 e. The molecule has 1 atom stereocenters. The fourth-order valence-corrected chi connectivity index (χ4v) is 3.74. The molecule has 3 aromatic carbocycles. The summed E-state index contributed by atoms with van der Waals surface area (Å²) >= 11 is 6.39.